The predicted molar refractivity (Wildman–Crippen MR) is 104 cm³/mol. The molecular weight excluding hydrogens is 348 g/mol. The predicted octanol–water partition coefficient (Wildman–Crippen LogP) is 4.42. The smallest absolute Gasteiger partial charge is 0.254 e. The number of halogens is 1. The first-order valence-corrected chi connectivity index (χ1v) is 8.58. The van der Waals surface area contributed by atoms with Crippen LogP contribution >= 0.6 is 11.6 Å². The van der Waals surface area contributed by atoms with Crippen molar-refractivity contribution < 1.29 is 4.79 Å². The summed E-state index contributed by atoms with van der Waals surface area (Å²) in [6.07, 6.45) is 3.00. The van der Waals surface area contributed by atoms with E-state index in [0.717, 1.165) is 22.4 Å². The van der Waals surface area contributed by atoms with Crippen molar-refractivity contribution in [1.82, 2.24) is 15.3 Å². The Labute approximate surface area is 157 Å². The molecule has 3 aromatic rings. The highest BCUT2D eigenvalue weighted by molar-refractivity contribution is 6.31. The Balaban J connectivity index is 1.62. The van der Waals surface area contributed by atoms with Crippen LogP contribution in [0.15, 0.2) is 54.9 Å². The van der Waals surface area contributed by atoms with Crippen LogP contribution in [0.2, 0.25) is 5.02 Å². The van der Waals surface area contributed by atoms with E-state index >= 15 is 0 Å². The maximum Gasteiger partial charge on any atom is 0.254 e. The van der Waals surface area contributed by atoms with Gasteiger partial charge in [-0.1, -0.05) is 41.9 Å². The highest BCUT2D eigenvalue weighted by Gasteiger charge is 2.08. The molecule has 3 rings (SSSR count). The number of amides is 1. The molecule has 0 radical (unpaired) electrons. The number of aromatic nitrogens is 2. The molecule has 0 spiro atoms. The molecular formula is C20H19ClN4O. The zero-order chi connectivity index (χ0) is 18.5. The van der Waals surface area contributed by atoms with Crippen molar-refractivity contribution >= 4 is 29.1 Å². The van der Waals surface area contributed by atoms with Crippen LogP contribution in [0.1, 0.15) is 27.0 Å². The van der Waals surface area contributed by atoms with E-state index in [1.807, 2.05) is 56.3 Å². The third-order valence-corrected chi connectivity index (χ3v) is 4.45. The summed E-state index contributed by atoms with van der Waals surface area (Å²) < 4.78 is 0. The molecule has 0 bridgehead atoms. The number of nitrogens with zero attached hydrogens (tertiary/aromatic N) is 2. The maximum absolute atomic E-state index is 12.3. The topological polar surface area (TPSA) is 66.9 Å². The minimum atomic E-state index is -0.210. The average molecular weight is 367 g/mol. The standard InChI is InChI=1S/C20H19ClN4O/c1-13-5-3-4-6-15(13)10-22-19(26)16-11-23-20(24-12-16)25-17-8-7-14(2)18(21)9-17/h3-9,11-12H,10H2,1-2H3,(H,22,26)(H,23,24,25). The molecule has 2 aromatic carbocycles. The van der Waals surface area contributed by atoms with Gasteiger partial charge < -0.3 is 10.6 Å². The van der Waals surface area contributed by atoms with Crippen molar-refractivity contribution in [2.45, 2.75) is 20.4 Å². The van der Waals surface area contributed by atoms with Crippen molar-refractivity contribution in [3.8, 4) is 0 Å². The van der Waals surface area contributed by atoms with Crippen LogP contribution < -0.4 is 10.6 Å². The van der Waals surface area contributed by atoms with E-state index < -0.39 is 0 Å². The number of aryl methyl sites for hydroxylation is 2. The van der Waals surface area contributed by atoms with Gasteiger partial charge in [0.05, 0.1) is 5.56 Å². The van der Waals surface area contributed by atoms with Crippen molar-refractivity contribution in [2.75, 3.05) is 5.32 Å². The summed E-state index contributed by atoms with van der Waals surface area (Å²) in [7, 11) is 0. The van der Waals surface area contributed by atoms with Crippen LogP contribution in [-0.2, 0) is 6.54 Å². The lowest BCUT2D eigenvalue weighted by atomic mass is 10.1. The largest absolute Gasteiger partial charge is 0.348 e. The number of rotatable bonds is 5. The van der Waals surface area contributed by atoms with E-state index in [4.69, 9.17) is 11.6 Å². The van der Waals surface area contributed by atoms with Gasteiger partial charge in [-0.15, -0.1) is 0 Å². The molecule has 132 valence electrons. The van der Waals surface area contributed by atoms with E-state index in [2.05, 4.69) is 20.6 Å². The van der Waals surface area contributed by atoms with Crippen LogP contribution in [0.25, 0.3) is 0 Å². The van der Waals surface area contributed by atoms with Gasteiger partial charge in [-0.05, 0) is 42.7 Å². The third kappa shape index (κ3) is 4.37. The number of carbonyl (C=O) groups is 1. The Morgan fingerprint density at radius 3 is 2.46 bits per heavy atom. The number of hydrogen-bond acceptors (Lipinski definition) is 4. The van der Waals surface area contributed by atoms with Gasteiger partial charge in [0.25, 0.3) is 5.91 Å². The lowest BCUT2D eigenvalue weighted by Gasteiger charge is -2.09. The quantitative estimate of drug-likeness (QED) is 0.701. The summed E-state index contributed by atoms with van der Waals surface area (Å²) in [6.45, 7) is 4.42. The van der Waals surface area contributed by atoms with Crippen molar-refractivity contribution in [1.29, 1.82) is 0 Å². The molecule has 1 heterocycles. The molecule has 0 saturated carbocycles. The third-order valence-electron chi connectivity index (χ3n) is 4.04. The molecule has 0 fully saturated rings. The second kappa shape index (κ2) is 7.97. The lowest BCUT2D eigenvalue weighted by molar-refractivity contribution is 0.0950. The van der Waals surface area contributed by atoms with Crippen LogP contribution in [0.3, 0.4) is 0 Å². The highest BCUT2D eigenvalue weighted by atomic mass is 35.5. The molecule has 0 atom stereocenters. The van der Waals surface area contributed by atoms with Gasteiger partial charge in [-0.3, -0.25) is 4.79 Å². The Bertz CT molecular complexity index is 925. The average Bonchev–Trinajstić information content (AvgIpc) is 2.64. The Kier molecular flexibility index (Phi) is 5.49. The fourth-order valence-corrected chi connectivity index (χ4v) is 2.58. The van der Waals surface area contributed by atoms with E-state index in [9.17, 15) is 4.79 Å². The fourth-order valence-electron chi connectivity index (χ4n) is 2.40. The summed E-state index contributed by atoms with van der Waals surface area (Å²) in [6, 6.07) is 13.6. The normalized spacial score (nSPS) is 10.4. The van der Waals surface area contributed by atoms with Gasteiger partial charge in [0, 0.05) is 29.6 Å². The maximum atomic E-state index is 12.3. The molecule has 5 nitrogen and oxygen atoms in total. The van der Waals surface area contributed by atoms with E-state index in [0.29, 0.717) is 23.1 Å². The number of hydrogen-bond donors (Lipinski definition) is 2. The molecule has 1 amide bonds. The second-order valence-corrected chi connectivity index (χ2v) is 6.40. The van der Waals surface area contributed by atoms with Crippen molar-refractivity contribution in [3.63, 3.8) is 0 Å². The van der Waals surface area contributed by atoms with Gasteiger partial charge >= 0.3 is 0 Å². The van der Waals surface area contributed by atoms with Crippen molar-refractivity contribution in [2.24, 2.45) is 0 Å². The van der Waals surface area contributed by atoms with E-state index in [1.54, 1.807) is 0 Å². The summed E-state index contributed by atoms with van der Waals surface area (Å²) in [5.41, 5.74) is 4.42. The minimum absolute atomic E-state index is 0.210. The fraction of sp³-hybridized carbons (Fsp3) is 0.150. The van der Waals surface area contributed by atoms with Gasteiger partial charge in [-0.25, -0.2) is 9.97 Å². The molecule has 0 aliphatic heterocycles. The van der Waals surface area contributed by atoms with Gasteiger partial charge in [0.2, 0.25) is 5.95 Å². The van der Waals surface area contributed by atoms with Crippen LogP contribution in [0.5, 0.6) is 0 Å². The first-order valence-electron chi connectivity index (χ1n) is 8.21. The molecule has 6 heteroatoms. The summed E-state index contributed by atoms with van der Waals surface area (Å²) in [4.78, 5) is 20.6. The molecule has 0 unspecified atom stereocenters. The van der Waals surface area contributed by atoms with Gasteiger partial charge in [-0.2, -0.15) is 0 Å². The number of anilines is 2. The molecule has 1 aromatic heterocycles. The summed E-state index contributed by atoms with van der Waals surface area (Å²) in [5.74, 6) is 0.193. The number of benzene rings is 2. The zero-order valence-electron chi connectivity index (χ0n) is 14.6. The highest BCUT2D eigenvalue weighted by Crippen LogP contribution is 2.21. The molecule has 0 aliphatic carbocycles. The van der Waals surface area contributed by atoms with Crippen molar-refractivity contribution in [3.05, 3.63) is 82.1 Å². The van der Waals surface area contributed by atoms with Gasteiger partial charge in [0.1, 0.15) is 0 Å². The van der Waals surface area contributed by atoms with E-state index in [1.165, 1.54) is 12.4 Å². The number of nitrogens with one attached hydrogen (secondary N) is 2. The summed E-state index contributed by atoms with van der Waals surface area (Å²) in [5, 5.41) is 6.62. The minimum Gasteiger partial charge on any atom is -0.348 e. The van der Waals surface area contributed by atoms with Crippen LogP contribution in [-0.4, -0.2) is 15.9 Å². The van der Waals surface area contributed by atoms with Crippen LogP contribution in [0.4, 0.5) is 11.6 Å². The van der Waals surface area contributed by atoms with E-state index in [-0.39, 0.29) is 5.91 Å². The molecule has 0 aliphatic rings. The summed E-state index contributed by atoms with van der Waals surface area (Å²) >= 11 is 6.11. The van der Waals surface area contributed by atoms with Gasteiger partial charge in [0.15, 0.2) is 0 Å². The molecule has 0 saturated heterocycles. The second-order valence-electron chi connectivity index (χ2n) is 5.99. The first-order chi connectivity index (χ1) is 12.5. The zero-order valence-corrected chi connectivity index (χ0v) is 15.3. The number of carbonyl (C=O) groups excluding carboxylic acids is 1. The van der Waals surface area contributed by atoms with Crippen LogP contribution in [0, 0.1) is 13.8 Å². The Morgan fingerprint density at radius 1 is 1.04 bits per heavy atom. The molecule has 2 N–H and O–H groups in total. The Morgan fingerprint density at radius 2 is 1.77 bits per heavy atom. The Hall–Kier alpha value is -2.92. The first kappa shape index (κ1) is 17.9. The SMILES string of the molecule is Cc1ccc(Nc2ncc(C(=O)NCc3ccccc3C)cn2)cc1Cl. The lowest BCUT2D eigenvalue weighted by Crippen LogP contribution is -2.23. The monoisotopic (exact) mass is 366 g/mol. The molecule has 26 heavy (non-hydrogen) atoms.